The van der Waals surface area contributed by atoms with Crippen LogP contribution in [0.2, 0.25) is 5.15 Å². The minimum Gasteiger partial charge on any atom is -0.348 e. The lowest BCUT2D eigenvalue weighted by molar-refractivity contribution is 0.0934. The number of carbonyl (C=O) groups excluding carboxylic acids is 1. The third-order valence-electron chi connectivity index (χ3n) is 2.67. The van der Waals surface area contributed by atoms with Crippen LogP contribution in [0.25, 0.3) is 0 Å². The first-order valence-corrected chi connectivity index (χ1v) is 7.24. The molecule has 1 unspecified atom stereocenters. The molecule has 0 bridgehead atoms. The fourth-order valence-electron chi connectivity index (χ4n) is 1.77. The number of aromatic nitrogens is 2. The first-order chi connectivity index (χ1) is 9.54. The minimum atomic E-state index is -0.274. The number of halogens is 2. The number of nitrogens with zero attached hydrogens (tertiary/aromatic N) is 2. The molecule has 2 aromatic rings. The topological polar surface area (TPSA) is 54.9 Å². The van der Waals surface area contributed by atoms with Gasteiger partial charge in [-0.3, -0.25) is 9.78 Å². The van der Waals surface area contributed by atoms with Gasteiger partial charge in [0.05, 0.1) is 12.4 Å². The molecule has 1 aromatic carbocycles. The van der Waals surface area contributed by atoms with E-state index in [1.54, 1.807) is 0 Å². The summed E-state index contributed by atoms with van der Waals surface area (Å²) in [5.41, 5.74) is 1.37. The molecule has 0 spiro atoms. The van der Waals surface area contributed by atoms with Crippen molar-refractivity contribution in [2.75, 3.05) is 0 Å². The molecule has 20 heavy (non-hydrogen) atoms. The average Bonchev–Trinajstić information content (AvgIpc) is 2.41. The summed E-state index contributed by atoms with van der Waals surface area (Å²) in [7, 11) is 0. The molecule has 1 heterocycles. The Morgan fingerprint density at radius 2 is 2.05 bits per heavy atom. The van der Waals surface area contributed by atoms with Crippen LogP contribution in [0.3, 0.4) is 0 Å². The molecule has 0 aliphatic carbocycles. The van der Waals surface area contributed by atoms with Gasteiger partial charge in [0, 0.05) is 10.5 Å². The molecular weight excluding hydrogens is 342 g/mol. The highest BCUT2D eigenvalue weighted by atomic mass is 79.9. The van der Waals surface area contributed by atoms with Crippen molar-refractivity contribution in [3.05, 3.63) is 57.5 Å². The summed E-state index contributed by atoms with van der Waals surface area (Å²) in [6.45, 7) is 1.94. The van der Waals surface area contributed by atoms with Gasteiger partial charge in [0.1, 0.15) is 10.8 Å². The fraction of sp³-hybridized carbons (Fsp3) is 0.214. The van der Waals surface area contributed by atoms with Gasteiger partial charge in [-0.05, 0) is 31.0 Å². The maximum atomic E-state index is 12.0. The molecule has 0 fully saturated rings. The Morgan fingerprint density at radius 1 is 1.35 bits per heavy atom. The van der Waals surface area contributed by atoms with Crippen molar-refractivity contribution in [2.24, 2.45) is 0 Å². The zero-order valence-corrected chi connectivity index (χ0v) is 13.1. The molecule has 1 N–H and O–H groups in total. The first-order valence-electron chi connectivity index (χ1n) is 6.07. The Morgan fingerprint density at radius 3 is 2.70 bits per heavy atom. The smallest absolute Gasteiger partial charge is 0.271 e. The van der Waals surface area contributed by atoms with E-state index in [1.807, 2.05) is 31.2 Å². The molecule has 0 aliphatic heterocycles. The summed E-state index contributed by atoms with van der Waals surface area (Å²) in [6, 6.07) is 7.99. The van der Waals surface area contributed by atoms with E-state index in [1.165, 1.54) is 12.4 Å². The van der Waals surface area contributed by atoms with Crippen LogP contribution in [-0.4, -0.2) is 21.9 Å². The quantitative estimate of drug-likeness (QED) is 0.917. The maximum absolute atomic E-state index is 12.0. The van der Waals surface area contributed by atoms with Crippen LogP contribution < -0.4 is 5.32 Å². The van der Waals surface area contributed by atoms with Gasteiger partial charge in [0.15, 0.2) is 0 Å². The summed E-state index contributed by atoms with van der Waals surface area (Å²) in [5.74, 6) is -0.274. The van der Waals surface area contributed by atoms with Crippen LogP contribution in [0.5, 0.6) is 0 Å². The monoisotopic (exact) mass is 353 g/mol. The second kappa shape index (κ2) is 6.81. The summed E-state index contributed by atoms with van der Waals surface area (Å²) >= 11 is 9.10. The molecule has 104 valence electrons. The van der Waals surface area contributed by atoms with Crippen molar-refractivity contribution >= 4 is 33.4 Å². The van der Waals surface area contributed by atoms with E-state index in [-0.39, 0.29) is 22.8 Å². The standard InChI is InChI=1S/C14H13BrClN3O/c1-9(6-10-2-4-11(15)5-3-10)18-14(20)12-7-17-8-13(16)19-12/h2-5,7-9H,6H2,1H3,(H,18,20). The molecule has 0 aliphatic rings. The van der Waals surface area contributed by atoms with Gasteiger partial charge >= 0.3 is 0 Å². The lowest BCUT2D eigenvalue weighted by Crippen LogP contribution is -2.34. The Bertz CT molecular complexity index is 604. The van der Waals surface area contributed by atoms with Gasteiger partial charge < -0.3 is 5.32 Å². The Balaban J connectivity index is 1.95. The second-order valence-corrected chi connectivity index (χ2v) is 5.74. The zero-order valence-electron chi connectivity index (χ0n) is 10.8. The lowest BCUT2D eigenvalue weighted by Gasteiger charge is -2.13. The first kappa shape index (κ1) is 14.9. The highest BCUT2D eigenvalue weighted by Crippen LogP contribution is 2.12. The van der Waals surface area contributed by atoms with Crippen molar-refractivity contribution in [2.45, 2.75) is 19.4 Å². The number of hydrogen-bond donors (Lipinski definition) is 1. The molecule has 1 aromatic heterocycles. The van der Waals surface area contributed by atoms with E-state index >= 15 is 0 Å². The summed E-state index contributed by atoms with van der Waals surface area (Å²) in [6.07, 6.45) is 3.53. The molecule has 0 saturated carbocycles. The van der Waals surface area contributed by atoms with Crippen molar-refractivity contribution in [3.63, 3.8) is 0 Å². The molecular formula is C14H13BrClN3O. The average molecular weight is 355 g/mol. The van der Waals surface area contributed by atoms with Gasteiger partial charge in [-0.15, -0.1) is 0 Å². The van der Waals surface area contributed by atoms with Crippen LogP contribution in [0.4, 0.5) is 0 Å². The third-order valence-corrected chi connectivity index (χ3v) is 3.38. The van der Waals surface area contributed by atoms with E-state index < -0.39 is 0 Å². The highest BCUT2D eigenvalue weighted by molar-refractivity contribution is 9.10. The predicted molar refractivity (Wildman–Crippen MR) is 81.8 cm³/mol. The van der Waals surface area contributed by atoms with Crippen LogP contribution in [0, 0.1) is 0 Å². The molecule has 2 rings (SSSR count). The van der Waals surface area contributed by atoms with Gasteiger partial charge in [-0.2, -0.15) is 0 Å². The second-order valence-electron chi connectivity index (χ2n) is 4.43. The fourth-order valence-corrected chi connectivity index (χ4v) is 2.19. The Kier molecular flexibility index (Phi) is 5.09. The van der Waals surface area contributed by atoms with Crippen molar-refractivity contribution in [1.29, 1.82) is 0 Å². The Hall–Kier alpha value is -1.46. The summed E-state index contributed by atoms with van der Waals surface area (Å²) in [5, 5.41) is 3.08. The number of benzene rings is 1. The normalized spacial score (nSPS) is 11.9. The molecule has 4 nitrogen and oxygen atoms in total. The number of hydrogen-bond acceptors (Lipinski definition) is 3. The molecule has 1 amide bonds. The van der Waals surface area contributed by atoms with E-state index in [4.69, 9.17) is 11.6 Å². The van der Waals surface area contributed by atoms with E-state index in [0.29, 0.717) is 0 Å². The number of carbonyl (C=O) groups is 1. The van der Waals surface area contributed by atoms with E-state index in [2.05, 4.69) is 31.2 Å². The molecule has 6 heteroatoms. The summed E-state index contributed by atoms with van der Waals surface area (Å²) < 4.78 is 1.03. The SMILES string of the molecule is CC(Cc1ccc(Br)cc1)NC(=O)c1cncc(Cl)n1. The molecule has 0 radical (unpaired) electrons. The predicted octanol–water partition coefficient (Wildman–Crippen LogP) is 3.25. The van der Waals surface area contributed by atoms with Gasteiger partial charge in [-0.1, -0.05) is 39.7 Å². The number of rotatable bonds is 4. The van der Waals surface area contributed by atoms with Gasteiger partial charge in [0.25, 0.3) is 5.91 Å². The molecule has 0 saturated heterocycles. The number of amides is 1. The Labute approximate surface area is 130 Å². The van der Waals surface area contributed by atoms with Crippen LogP contribution in [0.1, 0.15) is 23.0 Å². The van der Waals surface area contributed by atoms with Crippen molar-refractivity contribution in [1.82, 2.24) is 15.3 Å². The van der Waals surface area contributed by atoms with E-state index in [0.717, 1.165) is 16.5 Å². The zero-order chi connectivity index (χ0) is 14.5. The van der Waals surface area contributed by atoms with Crippen LogP contribution in [-0.2, 0) is 6.42 Å². The number of nitrogens with one attached hydrogen (secondary N) is 1. The van der Waals surface area contributed by atoms with Crippen LogP contribution in [0.15, 0.2) is 41.1 Å². The van der Waals surface area contributed by atoms with Crippen molar-refractivity contribution < 1.29 is 4.79 Å². The largest absolute Gasteiger partial charge is 0.348 e. The van der Waals surface area contributed by atoms with Gasteiger partial charge in [-0.25, -0.2) is 4.98 Å². The summed E-state index contributed by atoms with van der Waals surface area (Å²) in [4.78, 5) is 19.7. The van der Waals surface area contributed by atoms with Gasteiger partial charge in [0.2, 0.25) is 0 Å². The highest BCUT2D eigenvalue weighted by Gasteiger charge is 2.12. The van der Waals surface area contributed by atoms with E-state index in [9.17, 15) is 4.79 Å². The lowest BCUT2D eigenvalue weighted by atomic mass is 10.1. The molecule has 1 atom stereocenters. The third kappa shape index (κ3) is 4.28. The maximum Gasteiger partial charge on any atom is 0.271 e. The van der Waals surface area contributed by atoms with Crippen LogP contribution >= 0.6 is 27.5 Å². The van der Waals surface area contributed by atoms with Crippen molar-refractivity contribution in [3.8, 4) is 0 Å². The minimum absolute atomic E-state index is 0.00976.